The van der Waals surface area contributed by atoms with Crippen LogP contribution in [0.25, 0.3) is 0 Å². The molecule has 0 aliphatic carbocycles. The number of aromatic nitrogens is 2. The lowest BCUT2D eigenvalue weighted by molar-refractivity contribution is -0.0941. The van der Waals surface area contributed by atoms with Crippen LogP contribution in [0.1, 0.15) is 13.8 Å². The maximum Gasteiger partial charge on any atom is 0.134 e. The Hall–Kier alpha value is -0.910. The van der Waals surface area contributed by atoms with Crippen LogP contribution in [0.2, 0.25) is 5.15 Å². The molecule has 3 heterocycles. The number of hydrogen-bond donors (Lipinski definition) is 0. The first kappa shape index (κ1) is 13.1. The third-order valence-electron chi connectivity index (χ3n) is 3.97. The Labute approximate surface area is 118 Å². The van der Waals surface area contributed by atoms with Gasteiger partial charge in [-0.2, -0.15) is 0 Å². The van der Waals surface area contributed by atoms with Crippen molar-refractivity contribution in [2.45, 2.75) is 32.0 Å². The van der Waals surface area contributed by atoms with Crippen LogP contribution in [-0.4, -0.2) is 59.3 Å². The first-order valence-corrected chi connectivity index (χ1v) is 7.10. The summed E-state index contributed by atoms with van der Waals surface area (Å²) in [4.78, 5) is 13.1. The second-order valence-corrected chi connectivity index (χ2v) is 5.83. The predicted molar refractivity (Wildman–Crippen MR) is 74.6 cm³/mol. The van der Waals surface area contributed by atoms with E-state index in [1.54, 1.807) is 0 Å². The van der Waals surface area contributed by atoms with E-state index in [1.165, 1.54) is 6.33 Å². The van der Waals surface area contributed by atoms with Crippen molar-refractivity contribution in [1.82, 2.24) is 14.9 Å². The van der Waals surface area contributed by atoms with Gasteiger partial charge >= 0.3 is 0 Å². The average molecular weight is 283 g/mol. The van der Waals surface area contributed by atoms with E-state index >= 15 is 0 Å². The van der Waals surface area contributed by atoms with E-state index in [0.717, 1.165) is 32.1 Å². The summed E-state index contributed by atoms with van der Waals surface area (Å²) in [6.45, 7) is 8.21. The van der Waals surface area contributed by atoms with Crippen LogP contribution in [0, 0.1) is 0 Å². The standard InChI is InChI=1S/C13H19ClN4O/c1-9-4-17(13-3-12(14)15-8-16-13)5-10(2)18(9)11-6-19-7-11/h3,8-11H,4-7H2,1-2H3/t9-,10-/m1/s1. The molecule has 2 aliphatic heterocycles. The number of rotatable bonds is 2. The van der Waals surface area contributed by atoms with Crippen molar-refractivity contribution >= 4 is 17.4 Å². The summed E-state index contributed by atoms with van der Waals surface area (Å²) >= 11 is 5.94. The van der Waals surface area contributed by atoms with Gasteiger partial charge in [0.15, 0.2) is 0 Å². The molecular formula is C13H19ClN4O. The minimum Gasteiger partial charge on any atom is -0.378 e. The van der Waals surface area contributed by atoms with Gasteiger partial charge in [-0.1, -0.05) is 11.6 Å². The van der Waals surface area contributed by atoms with Gasteiger partial charge in [0.2, 0.25) is 0 Å². The highest BCUT2D eigenvalue weighted by atomic mass is 35.5. The third-order valence-corrected chi connectivity index (χ3v) is 4.18. The summed E-state index contributed by atoms with van der Waals surface area (Å²) in [6, 6.07) is 3.40. The molecular weight excluding hydrogens is 264 g/mol. The lowest BCUT2D eigenvalue weighted by Gasteiger charge is -2.50. The van der Waals surface area contributed by atoms with Gasteiger partial charge < -0.3 is 9.64 Å². The van der Waals surface area contributed by atoms with Crippen molar-refractivity contribution in [3.63, 3.8) is 0 Å². The first-order valence-electron chi connectivity index (χ1n) is 6.73. The Kier molecular flexibility index (Phi) is 3.60. The number of piperazine rings is 1. The molecule has 104 valence electrons. The number of anilines is 1. The van der Waals surface area contributed by atoms with Gasteiger partial charge in [0.25, 0.3) is 0 Å². The van der Waals surface area contributed by atoms with E-state index in [9.17, 15) is 0 Å². The second kappa shape index (κ2) is 5.23. The van der Waals surface area contributed by atoms with Crippen molar-refractivity contribution in [1.29, 1.82) is 0 Å². The number of ether oxygens (including phenoxy) is 1. The fraction of sp³-hybridized carbons (Fsp3) is 0.692. The zero-order valence-corrected chi connectivity index (χ0v) is 12.0. The molecule has 3 rings (SSSR count). The van der Waals surface area contributed by atoms with Crippen molar-refractivity contribution in [2.75, 3.05) is 31.2 Å². The van der Waals surface area contributed by atoms with Gasteiger partial charge in [-0.15, -0.1) is 0 Å². The summed E-state index contributed by atoms with van der Waals surface area (Å²) in [5.74, 6) is 0.920. The molecule has 0 amide bonds. The molecule has 0 bridgehead atoms. The minimum absolute atomic E-state index is 0.492. The molecule has 1 aromatic heterocycles. The number of halogens is 1. The largest absolute Gasteiger partial charge is 0.378 e. The molecule has 19 heavy (non-hydrogen) atoms. The van der Waals surface area contributed by atoms with Crippen LogP contribution in [0.15, 0.2) is 12.4 Å². The van der Waals surface area contributed by atoms with Crippen LogP contribution in [0.3, 0.4) is 0 Å². The zero-order chi connectivity index (χ0) is 13.4. The van der Waals surface area contributed by atoms with Gasteiger partial charge in [0.1, 0.15) is 17.3 Å². The summed E-state index contributed by atoms with van der Waals surface area (Å²) < 4.78 is 5.32. The molecule has 5 nitrogen and oxygen atoms in total. The first-order chi connectivity index (χ1) is 9.15. The Morgan fingerprint density at radius 2 is 1.89 bits per heavy atom. The average Bonchev–Trinajstić information content (AvgIpc) is 2.31. The van der Waals surface area contributed by atoms with Crippen LogP contribution in [0.4, 0.5) is 5.82 Å². The summed E-state index contributed by atoms with van der Waals surface area (Å²) in [6.07, 6.45) is 1.53. The Morgan fingerprint density at radius 3 is 2.42 bits per heavy atom. The van der Waals surface area contributed by atoms with E-state index in [1.807, 2.05) is 6.07 Å². The molecule has 2 atom stereocenters. The van der Waals surface area contributed by atoms with Gasteiger partial charge in [0.05, 0.1) is 19.3 Å². The lowest BCUT2D eigenvalue weighted by Crippen LogP contribution is -2.64. The molecule has 6 heteroatoms. The van der Waals surface area contributed by atoms with Crippen LogP contribution in [-0.2, 0) is 4.74 Å². The van der Waals surface area contributed by atoms with Gasteiger partial charge in [-0.25, -0.2) is 9.97 Å². The second-order valence-electron chi connectivity index (χ2n) is 5.44. The molecule has 2 fully saturated rings. The molecule has 2 saturated heterocycles. The van der Waals surface area contributed by atoms with Crippen LogP contribution in [0.5, 0.6) is 0 Å². The third kappa shape index (κ3) is 2.55. The molecule has 0 aromatic carbocycles. The highest BCUT2D eigenvalue weighted by Crippen LogP contribution is 2.25. The quantitative estimate of drug-likeness (QED) is 0.768. The molecule has 2 aliphatic rings. The maximum atomic E-state index is 5.94. The van der Waals surface area contributed by atoms with Crippen LogP contribution < -0.4 is 4.90 Å². The summed E-state index contributed by atoms with van der Waals surface area (Å²) in [5.41, 5.74) is 0. The van der Waals surface area contributed by atoms with Gasteiger partial charge in [-0.3, -0.25) is 4.90 Å². The molecule has 0 unspecified atom stereocenters. The highest BCUT2D eigenvalue weighted by molar-refractivity contribution is 6.29. The molecule has 0 radical (unpaired) electrons. The molecule has 0 N–H and O–H groups in total. The number of nitrogens with zero attached hydrogens (tertiary/aromatic N) is 4. The van der Waals surface area contributed by atoms with E-state index in [-0.39, 0.29) is 0 Å². The summed E-state index contributed by atoms with van der Waals surface area (Å²) in [5, 5.41) is 0.500. The number of hydrogen-bond acceptors (Lipinski definition) is 5. The van der Waals surface area contributed by atoms with Gasteiger partial charge in [0, 0.05) is 31.2 Å². The van der Waals surface area contributed by atoms with Crippen molar-refractivity contribution in [3.8, 4) is 0 Å². The molecule has 0 saturated carbocycles. The normalized spacial score (nSPS) is 29.3. The van der Waals surface area contributed by atoms with E-state index < -0.39 is 0 Å². The minimum atomic E-state index is 0.492. The molecule has 1 aromatic rings. The Bertz CT molecular complexity index is 442. The Balaban J connectivity index is 1.74. The fourth-order valence-corrected chi connectivity index (χ4v) is 3.28. The molecule has 0 spiro atoms. The Morgan fingerprint density at radius 1 is 1.21 bits per heavy atom. The van der Waals surface area contributed by atoms with Crippen molar-refractivity contribution in [3.05, 3.63) is 17.5 Å². The van der Waals surface area contributed by atoms with E-state index in [2.05, 4.69) is 33.6 Å². The smallest absolute Gasteiger partial charge is 0.134 e. The maximum absolute atomic E-state index is 5.94. The predicted octanol–water partition coefficient (Wildman–Crippen LogP) is 1.43. The van der Waals surface area contributed by atoms with E-state index in [4.69, 9.17) is 16.3 Å². The van der Waals surface area contributed by atoms with Crippen molar-refractivity contribution in [2.24, 2.45) is 0 Å². The summed E-state index contributed by atoms with van der Waals surface area (Å²) in [7, 11) is 0. The lowest BCUT2D eigenvalue weighted by atomic mass is 10.0. The fourth-order valence-electron chi connectivity index (χ4n) is 3.13. The van der Waals surface area contributed by atoms with E-state index in [0.29, 0.717) is 23.3 Å². The topological polar surface area (TPSA) is 41.5 Å². The van der Waals surface area contributed by atoms with Gasteiger partial charge in [-0.05, 0) is 13.8 Å². The van der Waals surface area contributed by atoms with Crippen LogP contribution >= 0.6 is 11.6 Å². The zero-order valence-electron chi connectivity index (χ0n) is 11.3. The monoisotopic (exact) mass is 282 g/mol. The highest BCUT2D eigenvalue weighted by Gasteiger charge is 2.37. The van der Waals surface area contributed by atoms with Crippen molar-refractivity contribution < 1.29 is 4.74 Å². The SMILES string of the molecule is C[C@@H]1CN(c2cc(Cl)ncn2)C[C@@H](C)N1C1COC1.